The summed E-state index contributed by atoms with van der Waals surface area (Å²) in [6, 6.07) is -0.557. The van der Waals surface area contributed by atoms with E-state index in [9.17, 15) is 9.59 Å². The molecular formula is C15H26N2O7. The summed E-state index contributed by atoms with van der Waals surface area (Å²) < 4.78 is 26.5. The van der Waals surface area contributed by atoms with E-state index in [1.807, 2.05) is 0 Å². The Balaban J connectivity index is 1.88. The number of hydrogen-bond donors (Lipinski definition) is 2. The molecule has 1 unspecified atom stereocenters. The quantitative estimate of drug-likeness (QED) is 0.548. The maximum absolute atomic E-state index is 12.2. The van der Waals surface area contributed by atoms with Gasteiger partial charge in [0, 0.05) is 21.3 Å². The zero-order valence-electron chi connectivity index (χ0n) is 14.4. The lowest BCUT2D eigenvalue weighted by atomic mass is 10.1. The van der Waals surface area contributed by atoms with E-state index < -0.39 is 12.2 Å². The second-order valence-corrected chi connectivity index (χ2v) is 5.88. The number of methoxy groups -OCH3 is 3. The summed E-state index contributed by atoms with van der Waals surface area (Å²) in [5, 5.41) is 5.72. The summed E-state index contributed by atoms with van der Waals surface area (Å²) in [4.78, 5) is 24.1. The summed E-state index contributed by atoms with van der Waals surface area (Å²) in [5.41, 5.74) is 0. The molecule has 0 saturated carbocycles. The molecule has 2 heterocycles. The van der Waals surface area contributed by atoms with Gasteiger partial charge in [-0.25, -0.2) is 0 Å². The lowest BCUT2D eigenvalue weighted by Gasteiger charge is -2.21. The molecule has 6 atom stereocenters. The van der Waals surface area contributed by atoms with Crippen molar-refractivity contribution in [2.24, 2.45) is 0 Å². The maximum Gasteiger partial charge on any atom is 0.251 e. The van der Waals surface area contributed by atoms with Gasteiger partial charge in [-0.15, -0.1) is 0 Å². The van der Waals surface area contributed by atoms with Gasteiger partial charge >= 0.3 is 0 Å². The SMILES string of the molecule is COCC(OC)C(=O)N[C@H]1CO[C@H]2[C@@H]1OC[C@@H]2NC(=O)[C@@H](C)OC. The van der Waals surface area contributed by atoms with Gasteiger partial charge in [0.05, 0.1) is 31.9 Å². The van der Waals surface area contributed by atoms with Crippen LogP contribution in [-0.2, 0) is 33.3 Å². The fourth-order valence-electron chi connectivity index (χ4n) is 2.83. The Morgan fingerprint density at radius 3 is 2.00 bits per heavy atom. The third kappa shape index (κ3) is 4.22. The standard InChI is InChI=1S/C15H26N2O7/c1-8(21-3)14(18)16-9-5-23-13-10(6-24-12(9)13)17-15(19)11(22-4)7-20-2/h8-13H,5-7H2,1-4H3,(H,16,18)(H,17,19)/t8-,9+,10+,11?,12-,13-/m1/s1. The van der Waals surface area contributed by atoms with Crippen LogP contribution in [0, 0.1) is 0 Å². The first-order valence-electron chi connectivity index (χ1n) is 7.90. The largest absolute Gasteiger partial charge is 0.381 e. The van der Waals surface area contributed by atoms with Gasteiger partial charge in [-0.1, -0.05) is 0 Å². The predicted octanol–water partition coefficient (Wildman–Crippen LogP) is -1.55. The van der Waals surface area contributed by atoms with Crippen LogP contribution in [0.5, 0.6) is 0 Å². The van der Waals surface area contributed by atoms with Gasteiger partial charge in [-0.05, 0) is 6.92 Å². The van der Waals surface area contributed by atoms with E-state index in [0.717, 1.165) is 0 Å². The normalized spacial score (nSPS) is 31.3. The van der Waals surface area contributed by atoms with Gasteiger partial charge in [0.25, 0.3) is 5.91 Å². The van der Waals surface area contributed by atoms with Crippen molar-refractivity contribution in [2.45, 2.75) is 43.4 Å². The fourth-order valence-corrected chi connectivity index (χ4v) is 2.83. The zero-order valence-corrected chi connectivity index (χ0v) is 14.4. The number of fused-ring (bicyclic) bond motifs is 1. The van der Waals surface area contributed by atoms with Crippen molar-refractivity contribution in [3.8, 4) is 0 Å². The van der Waals surface area contributed by atoms with Crippen LogP contribution in [0.3, 0.4) is 0 Å². The molecule has 2 N–H and O–H groups in total. The molecule has 138 valence electrons. The molecular weight excluding hydrogens is 320 g/mol. The van der Waals surface area contributed by atoms with Crippen molar-refractivity contribution in [2.75, 3.05) is 41.2 Å². The van der Waals surface area contributed by atoms with Crippen LogP contribution in [0.1, 0.15) is 6.92 Å². The van der Waals surface area contributed by atoms with Crippen molar-refractivity contribution in [3.63, 3.8) is 0 Å². The number of nitrogens with one attached hydrogen (secondary N) is 2. The van der Waals surface area contributed by atoms with Crippen LogP contribution in [0.2, 0.25) is 0 Å². The first kappa shape index (κ1) is 19.1. The summed E-state index contributed by atoms with van der Waals surface area (Å²) in [5.74, 6) is -0.500. The average Bonchev–Trinajstić information content (AvgIpc) is 3.15. The lowest BCUT2D eigenvalue weighted by molar-refractivity contribution is -0.135. The molecule has 0 aromatic heterocycles. The highest BCUT2D eigenvalue weighted by Crippen LogP contribution is 2.27. The van der Waals surface area contributed by atoms with Crippen molar-refractivity contribution >= 4 is 11.8 Å². The van der Waals surface area contributed by atoms with E-state index in [1.165, 1.54) is 21.3 Å². The Morgan fingerprint density at radius 2 is 1.54 bits per heavy atom. The molecule has 2 amide bonds. The van der Waals surface area contributed by atoms with Gasteiger partial charge in [-0.3, -0.25) is 9.59 Å². The van der Waals surface area contributed by atoms with E-state index in [1.54, 1.807) is 6.92 Å². The Bertz CT molecular complexity index is 448. The maximum atomic E-state index is 12.2. The predicted molar refractivity (Wildman–Crippen MR) is 82.5 cm³/mol. The van der Waals surface area contributed by atoms with E-state index in [4.69, 9.17) is 23.7 Å². The smallest absolute Gasteiger partial charge is 0.251 e. The highest BCUT2D eigenvalue weighted by atomic mass is 16.6. The van der Waals surface area contributed by atoms with Crippen LogP contribution >= 0.6 is 0 Å². The van der Waals surface area contributed by atoms with E-state index in [0.29, 0.717) is 13.2 Å². The number of rotatable bonds is 8. The number of carbonyl (C=O) groups is 2. The van der Waals surface area contributed by atoms with Crippen molar-refractivity contribution in [1.29, 1.82) is 0 Å². The van der Waals surface area contributed by atoms with Crippen LogP contribution in [0.15, 0.2) is 0 Å². The van der Waals surface area contributed by atoms with Crippen molar-refractivity contribution in [3.05, 3.63) is 0 Å². The molecule has 2 aliphatic rings. The molecule has 0 aromatic rings. The first-order valence-corrected chi connectivity index (χ1v) is 7.90. The highest BCUT2D eigenvalue weighted by Gasteiger charge is 2.49. The molecule has 9 heteroatoms. The summed E-state index contributed by atoms with van der Waals surface area (Å²) >= 11 is 0. The minimum atomic E-state index is -0.687. The van der Waals surface area contributed by atoms with E-state index in [-0.39, 0.29) is 42.7 Å². The number of hydrogen-bond acceptors (Lipinski definition) is 7. The Labute approximate surface area is 141 Å². The van der Waals surface area contributed by atoms with Crippen LogP contribution in [0.25, 0.3) is 0 Å². The third-order valence-electron chi connectivity index (χ3n) is 4.33. The third-order valence-corrected chi connectivity index (χ3v) is 4.33. The fraction of sp³-hybridized carbons (Fsp3) is 0.867. The second kappa shape index (κ2) is 8.72. The second-order valence-electron chi connectivity index (χ2n) is 5.88. The van der Waals surface area contributed by atoms with Gasteiger partial charge in [-0.2, -0.15) is 0 Å². The molecule has 0 aliphatic carbocycles. The van der Waals surface area contributed by atoms with Gasteiger partial charge < -0.3 is 34.3 Å². The van der Waals surface area contributed by atoms with Gasteiger partial charge in [0.1, 0.15) is 18.3 Å². The van der Waals surface area contributed by atoms with E-state index in [2.05, 4.69) is 10.6 Å². The topological polar surface area (TPSA) is 104 Å². The van der Waals surface area contributed by atoms with Crippen LogP contribution in [0.4, 0.5) is 0 Å². The molecule has 9 nitrogen and oxygen atoms in total. The highest BCUT2D eigenvalue weighted by molar-refractivity contribution is 5.81. The molecule has 2 rings (SSSR count). The van der Waals surface area contributed by atoms with E-state index >= 15 is 0 Å². The minimum Gasteiger partial charge on any atom is -0.381 e. The van der Waals surface area contributed by atoms with Gasteiger partial charge in [0.15, 0.2) is 6.10 Å². The van der Waals surface area contributed by atoms with Crippen molar-refractivity contribution in [1.82, 2.24) is 10.6 Å². The summed E-state index contributed by atoms with van der Waals surface area (Å²) in [6.45, 7) is 2.48. The minimum absolute atomic E-state index is 0.165. The van der Waals surface area contributed by atoms with Crippen LogP contribution in [-0.4, -0.2) is 89.5 Å². The molecule has 0 radical (unpaired) electrons. The molecule has 0 spiro atoms. The average molecular weight is 346 g/mol. The number of amides is 2. The summed E-state index contributed by atoms with van der Waals surface area (Å²) in [6.07, 6.45) is -1.84. The van der Waals surface area contributed by atoms with Crippen molar-refractivity contribution < 1.29 is 33.3 Å². The summed E-state index contributed by atoms with van der Waals surface area (Å²) in [7, 11) is 4.43. The monoisotopic (exact) mass is 346 g/mol. The number of carbonyl (C=O) groups excluding carboxylic acids is 2. The Morgan fingerprint density at radius 1 is 1.00 bits per heavy atom. The van der Waals surface area contributed by atoms with Gasteiger partial charge in [0.2, 0.25) is 5.91 Å². The lowest BCUT2D eigenvalue weighted by Crippen LogP contribution is -2.50. The molecule has 0 aromatic carbocycles. The first-order chi connectivity index (χ1) is 11.5. The molecule has 0 bridgehead atoms. The molecule has 2 aliphatic heterocycles. The molecule has 24 heavy (non-hydrogen) atoms. The molecule has 2 saturated heterocycles. The Hall–Kier alpha value is -1.26. The molecule has 2 fully saturated rings. The Kier molecular flexibility index (Phi) is 6.93. The number of ether oxygens (including phenoxy) is 5. The van der Waals surface area contributed by atoms with Crippen LogP contribution < -0.4 is 10.6 Å². The zero-order chi connectivity index (χ0) is 17.7.